The van der Waals surface area contributed by atoms with E-state index in [1.54, 1.807) is 16.2 Å². The number of benzene rings is 1. The van der Waals surface area contributed by atoms with Gasteiger partial charge in [0.1, 0.15) is 10.9 Å². The molecule has 3 heterocycles. The Bertz CT molecular complexity index is 1190. The summed E-state index contributed by atoms with van der Waals surface area (Å²) in [6, 6.07) is 12.1. The van der Waals surface area contributed by atoms with Crippen LogP contribution in [0.15, 0.2) is 59.7 Å². The van der Waals surface area contributed by atoms with E-state index in [4.69, 9.17) is 0 Å². The third-order valence-electron chi connectivity index (χ3n) is 4.46. The second-order valence-electron chi connectivity index (χ2n) is 6.23. The van der Waals surface area contributed by atoms with Crippen LogP contribution in [0.2, 0.25) is 0 Å². The third-order valence-corrected chi connectivity index (χ3v) is 4.46. The van der Waals surface area contributed by atoms with Crippen LogP contribution in [0.1, 0.15) is 18.7 Å². The lowest BCUT2D eigenvalue weighted by Gasteiger charge is -2.11. The van der Waals surface area contributed by atoms with Gasteiger partial charge in [0.05, 0.1) is 11.4 Å². The Morgan fingerprint density at radius 3 is 2.37 bits per heavy atom. The van der Waals surface area contributed by atoms with Crippen molar-refractivity contribution < 1.29 is 9.90 Å². The van der Waals surface area contributed by atoms with Crippen LogP contribution in [0.5, 0.6) is 0 Å². The third kappa shape index (κ3) is 2.62. The second-order valence-corrected chi connectivity index (χ2v) is 6.23. The molecule has 0 aliphatic carbocycles. The molecule has 136 valence electrons. The highest BCUT2D eigenvalue weighted by Gasteiger charge is 2.24. The van der Waals surface area contributed by atoms with Gasteiger partial charge in [-0.2, -0.15) is 10.2 Å². The predicted molar refractivity (Wildman–Crippen MR) is 99.5 cm³/mol. The summed E-state index contributed by atoms with van der Waals surface area (Å²) in [4.78, 5) is 24.6. The summed E-state index contributed by atoms with van der Waals surface area (Å²) in [5.74, 6) is -0.579. The van der Waals surface area contributed by atoms with E-state index in [1.807, 2.05) is 54.9 Å². The zero-order chi connectivity index (χ0) is 19.1. The quantitative estimate of drug-likeness (QED) is 0.600. The molecule has 1 N–H and O–H groups in total. The molecule has 4 rings (SSSR count). The number of nitrogens with zero attached hydrogens (tertiary/aromatic N) is 5. The lowest BCUT2D eigenvalue weighted by Crippen LogP contribution is -2.31. The van der Waals surface area contributed by atoms with Gasteiger partial charge < -0.3 is 9.67 Å². The van der Waals surface area contributed by atoms with E-state index in [1.165, 1.54) is 6.92 Å². The number of hydrogen-bond acceptors (Lipinski definition) is 4. The first-order chi connectivity index (χ1) is 13.0. The molecule has 1 atom stereocenters. The molecule has 8 heteroatoms. The SMILES string of the molecule is Cc1nn([C@@H](C)C(=O)O)c(=O)c2c(-n3cccc3)n(-c3ccccc3)nc12. The van der Waals surface area contributed by atoms with Crippen molar-refractivity contribution in [3.8, 4) is 11.5 Å². The highest BCUT2D eigenvalue weighted by Crippen LogP contribution is 2.24. The molecule has 0 amide bonds. The minimum atomic E-state index is -1.12. The van der Waals surface area contributed by atoms with Gasteiger partial charge in [-0.15, -0.1) is 0 Å². The van der Waals surface area contributed by atoms with Crippen molar-refractivity contribution >= 4 is 16.9 Å². The summed E-state index contributed by atoms with van der Waals surface area (Å²) in [5.41, 5.74) is 1.23. The van der Waals surface area contributed by atoms with E-state index < -0.39 is 17.6 Å². The topological polar surface area (TPSA) is 94.9 Å². The van der Waals surface area contributed by atoms with Crippen molar-refractivity contribution in [1.82, 2.24) is 24.1 Å². The molecule has 0 aliphatic rings. The zero-order valence-electron chi connectivity index (χ0n) is 14.8. The fraction of sp³-hybridized carbons (Fsp3) is 0.158. The molecule has 0 aliphatic heterocycles. The van der Waals surface area contributed by atoms with E-state index >= 15 is 0 Å². The highest BCUT2D eigenvalue weighted by molar-refractivity contribution is 5.88. The van der Waals surface area contributed by atoms with Gasteiger partial charge in [0.15, 0.2) is 11.9 Å². The molecule has 0 spiro atoms. The van der Waals surface area contributed by atoms with Crippen LogP contribution in [-0.4, -0.2) is 35.2 Å². The minimum Gasteiger partial charge on any atom is -0.480 e. The van der Waals surface area contributed by atoms with E-state index in [-0.39, 0.29) is 0 Å². The first-order valence-electron chi connectivity index (χ1n) is 8.42. The van der Waals surface area contributed by atoms with E-state index in [2.05, 4.69) is 10.2 Å². The van der Waals surface area contributed by atoms with E-state index in [9.17, 15) is 14.7 Å². The molecule has 0 unspecified atom stereocenters. The number of carboxylic acid groups (broad SMARTS) is 1. The largest absolute Gasteiger partial charge is 0.480 e. The molecular formula is C19H17N5O3. The highest BCUT2D eigenvalue weighted by atomic mass is 16.4. The maximum Gasteiger partial charge on any atom is 0.328 e. The second kappa shape index (κ2) is 6.24. The molecule has 0 saturated heterocycles. The number of hydrogen-bond donors (Lipinski definition) is 1. The average molecular weight is 363 g/mol. The number of para-hydroxylation sites is 1. The standard InChI is InChI=1S/C19H17N5O3/c1-12-16-15(18(25)23(20-12)13(2)19(26)27)17(22-10-6-7-11-22)24(21-16)14-8-4-3-5-9-14/h3-11,13H,1-2H3,(H,26,27)/t13-/m0/s1. The van der Waals surface area contributed by atoms with Crippen LogP contribution in [0.25, 0.3) is 22.4 Å². The summed E-state index contributed by atoms with van der Waals surface area (Å²) in [5, 5.41) is 18.5. The normalized spacial score (nSPS) is 12.4. The Hall–Kier alpha value is -3.68. The van der Waals surface area contributed by atoms with Crippen LogP contribution in [0.3, 0.4) is 0 Å². The molecule has 0 radical (unpaired) electrons. The van der Waals surface area contributed by atoms with Crippen molar-refractivity contribution in [3.63, 3.8) is 0 Å². The van der Waals surface area contributed by atoms with Crippen LogP contribution >= 0.6 is 0 Å². The molecule has 0 bridgehead atoms. The lowest BCUT2D eigenvalue weighted by molar-refractivity contribution is -0.140. The van der Waals surface area contributed by atoms with Gasteiger partial charge in [0.25, 0.3) is 5.56 Å². The lowest BCUT2D eigenvalue weighted by atomic mass is 10.2. The fourth-order valence-corrected chi connectivity index (χ4v) is 3.06. The van der Waals surface area contributed by atoms with E-state index in [0.29, 0.717) is 22.4 Å². The predicted octanol–water partition coefficient (Wildman–Crippen LogP) is 2.33. The van der Waals surface area contributed by atoms with Gasteiger partial charge in [-0.05, 0) is 38.1 Å². The molecule has 0 saturated carbocycles. The van der Waals surface area contributed by atoms with Crippen molar-refractivity contribution in [3.05, 3.63) is 70.9 Å². The minimum absolute atomic E-state index is 0.329. The molecule has 27 heavy (non-hydrogen) atoms. The Balaban J connectivity index is 2.14. The van der Waals surface area contributed by atoms with Gasteiger partial charge >= 0.3 is 5.97 Å². The number of aryl methyl sites for hydroxylation is 1. The summed E-state index contributed by atoms with van der Waals surface area (Å²) in [6.45, 7) is 3.15. The number of carbonyl (C=O) groups is 1. The first-order valence-corrected chi connectivity index (χ1v) is 8.42. The Morgan fingerprint density at radius 1 is 1.07 bits per heavy atom. The van der Waals surface area contributed by atoms with Crippen LogP contribution in [-0.2, 0) is 4.79 Å². The maximum absolute atomic E-state index is 13.2. The smallest absolute Gasteiger partial charge is 0.328 e. The van der Waals surface area contributed by atoms with Crippen molar-refractivity contribution in [2.75, 3.05) is 0 Å². The Morgan fingerprint density at radius 2 is 1.74 bits per heavy atom. The molecule has 8 nitrogen and oxygen atoms in total. The molecular weight excluding hydrogens is 346 g/mol. The van der Waals surface area contributed by atoms with Crippen LogP contribution in [0, 0.1) is 6.92 Å². The van der Waals surface area contributed by atoms with Crippen molar-refractivity contribution in [2.45, 2.75) is 19.9 Å². The summed E-state index contributed by atoms with van der Waals surface area (Å²) >= 11 is 0. The number of aromatic nitrogens is 5. The molecule has 0 fully saturated rings. The van der Waals surface area contributed by atoms with Crippen LogP contribution in [0.4, 0.5) is 0 Å². The molecule has 4 aromatic rings. The van der Waals surface area contributed by atoms with E-state index in [0.717, 1.165) is 10.4 Å². The van der Waals surface area contributed by atoms with Gasteiger partial charge in [-0.1, -0.05) is 18.2 Å². The number of rotatable bonds is 4. The maximum atomic E-state index is 13.2. The number of carboxylic acids is 1. The first kappa shape index (κ1) is 16.8. The number of fused-ring (bicyclic) bond motifs is 1. The van der Waals surface area contributed by atoms with Gasteiger partial charge in [-0.25, -0.2) is 14.2 Å². The Kier molecular flexibility index (Phi) is 3.88. The van der Waals surface area contributed by atoms with Gasteiger partial charge in [0.2, 0.25) is 0 Å². The average Bonchev–Trinajstić information content (AvgIpc) is 3.32. The summed E-state index contributed by atoms with van der Waals surface area (Å²) in [6.07, 6.45) is 3.63. The zero-order valence-corrected chi connectivity index (χ0v) is 14.8. The summed E-state index contributed by atoms with van der Waals surface area (Å²) < 4.78 is 4.47. The van der Waals surface area contributed by atoms with Crippen LogP contribution < -0.4 is 5.56 Å². The van der Waals surface area contributed by atoms with Crippen molar-refractivity contribution in [1.29, 1.82) is 0 Å². The van der Waals surface area contributed by atoms with Gasteiger partial charge in [-0.3, -0.25) is 4.79 Å². The fourth-order valence-electron chi connectivity index (χ4n) is 3.06. The monoisotopic (exact) mass is 363 g/mol. The molecule has 1 aromatic carbocycles. The van der Waals surface area contributed by atoms with Crippen molar-refractivity contribution in [2.24, 2.45) is 0 Å². The van der Waals surface area contributed by atoms with Gasteiger partial charge in [0, 0.05) is 12.4 Å². The molecule has 3 aromatic heterocycles. The summed E-state index contributed by atoms with van der Waals surface area (Å²) in [7, 11) is 0. The number of aliphatic carboxylic acids is 1. The Labute approximate surface area is 153 Å².